The smallest absolute Gasteiger partial charge is 0.271 e. The number of aryl methyl sites for hydroxylation is 1. The SMILES string of the molecule is COc1cc(-c2cc(C(=O)N3CC(c4nc(C)no4)C3)[nH]n2)cc(OC)c1OC. The highest BCUT2D eigenvalue weighted by atomic mass is 16.5. The molecule has 152 valence electrons. The summed E-state index contributed by atoms with van der Waals surface area (Å²) >= 11 is 0. The van der Waals surface area contributed by atoms with Crippen LogP contribution in [0.1, 0.15) is 28.1 Å². The van der Waals surface area contributed by atoms with Gasteiger partial charge < -0.3 is 23.6 Å². The zero-order valence-electron chi connectivity index (χ0n) is 16.6. The molecule has 0 spiro atoms. The highest BCUT2D eigenvalue weighted by molar-refractivity contribution is 5.94. The summed E-state index contributed by atoms with van der Waals surface area (Å²) in [6.45, 7) is 2.82. The summed E-state index contributed by atoms with van der Waals surface area (Å²) < 4.78 is 21.3. The van der Waals surface area contributed by atoms with Gasteiger partial charge in [0.25, 0.3) is 5.91 Å². The van der Waals surface area contributed by atoms with E-state index in [0.717, 1.165) is 5.56 Å². The molecule has 1 fully saturated rings. The van der Waals surface area contributed by atoms with Crippen molar-refractivity contribution in [3.05, 3.63) is 35.6 Å². The maximum Gasteiger partial charge on any atom is 0.271 e. The van der Waals surface area contributed by atoms with Gasteiger partial charge in [-0.05, 0) is 25.1 Å². The summed E-state index contributed by atoms with van der Waals surface area (Å²) in [7, 11) is 4.64. The highest BCUT2D eigenvalue weighted by Gasteiger charge is 2.36. The van der Waals surface area contributed by atoms with Crippen LogP contribution < -0.4 is 14.2 Å². The van der Waals surface area contributed by atoms with Crippen molar-refractivity contribution in [2.45, 2.75) is 12.8 Å². The van der Waals surface area contributed by atoms with Gasteiger partial charge in [-0.2, -0.15) is 10.1 Å². The third-order valence-corrected chi connectivity index (χ3v) is 4.83. The Morgan fingerprint density at radius 3 is 2.38 bits per heavy atom. The largest absolute Gasteiger partial charge is 0.493 e. The number of H-pyrrole nitrogens is 1. The predicted octanol–water partition coefficient (Wildman–Crippen LogP) is 2.03. The van der Waals surface area contributed by atoms with Crippen LogP contribution in [0.15, 0.2) is 22.7 Å². The Morgan fingerprint density at radius 2 is 1.83 bits per heavy atom. The molecule has 0 atom stereocenters. The van der Waals surface area contributed by atoms with Crippen LogP contribution in [0.4, 0.5) is 0 Å². The second kappa shape index (κ2) is 7.46. The molecule has 0 bridgehead atoms. The zero-order chi connectivity index (χ0) is 20.5. The van der Waals surface area contributed by atoms with E-state index in [4.69, 9.17) is 18.7 Å². The van der Waals surface area contributed by atoms with Crippen LogP contribution in [-0.2, 0) is 0 Å². The summed E-state index contributed by atoms with van der Waals surface area (Å²) in [5.74, 6) is 2.61. The Hall–Kier alpha value is -3.56. The van der Waals surface area contributed by atoms with E-state index in [2.05, 4.69) is 20.3 Å². The molecular formula is C19H21N5O5. The second-order valence-electron chi connectivity index (χ2n) is 6.67. The van der Waals surface area contributed by atoms with E-state index >= 15 is 0 Å². The molecule has 3 aromatic rings. The summed E-state index contributed by atoms with van der Waals surface area (Å²) in [6.07, 6.45) is 0. The summed E-state index contributed by atoms with van der Waals surface area (Å²) in [4.78, 5) is 18.6. The molecular weight excluding hydrogens is 378 g/mol. The quantitative estimate of drug-likeness (QED) is 0.669. The summed E-state index contributed by atoms with van der Waals surface area (Å²) in [6, 6.07) is 5.26. The lowest BCUT2D eigenvalue weighted by molar-refractivity contribution is 0.0563. The molecule has 4 rings (SSSR count). The number of nitrogens with zero attached hydrogens (tertiary/aromatic N) is 4. The number of hydrogen-bond donors (Lipinski definition) is 1. The Bertz CT molecular complexity index is 1010. The Labute approximate surface area is 166 Å². The Kier molecular flexibility index (Phi) is 4.83. The molecule has 1 saturated heterocycles. The lowest BCUT2D eigenvalue weighted by atomic mass is 9.99. The van der Waals surface area contributed by atoms with Gasteiger partial charge in [-0.25, -0.2) is 0 Å². The van der Waals surface area contributed by atoms with Crippen molar-refractivity contribution in [2.75, 3.05) is 34.4 Å². The van der Waals surface area contributed by atoms with Gasteiger partial charge in [0.05, 0.1) is 32.9 Å². The Balaban J connectivity index is 1.51. The minimum atomic E-state index is -0.135. The maximum absolute atomic E-state index is 12.7. The number of carbonyl (C=O) groups excluding carboxylic acids is 1. The van der Waals surface area contributed by atoms with Gasteiger partial charge in [-0.3, -0.25) is 9.89 Å². The van der Waals surface area contributed by atoms with Gasteiger partial charge in [0.1, 0.15) is 5.69 Å². The van der Waals surface area contributed by atoms with E-state index in [1.54, 1.807) is 51.4 Å². The van der Waals surface area contributed by atoms with Gasteiger partial charge in [-0.1, -0.05) is 5.16 Å². The van der Waals surface area contributed by atoms with Crippen LogP contribution in [0.25, 0.3) is 11.3 Å². The number of amides is 1. The molecule has 1 aliphatic heterocycles. The fourth-order valence-corrected chi connectivity index (χ4v) is 3.26. The molecule has 29 heavy (non-hydrogen) atoms. The molecule has 0 radical (unpaired) electrons. The first-order chi connectivity index (χ1) is 14.0. The van der Waals surface area contributed by atoms with Gasteiger partial charge >= 0.3 is 0 Å². The molecule has 1 N–H and O–H groups in total. The first-order valence-corrected chi connectivity index (χ1v) is 8.99. The number of hydrogen-bond acceptors (Lipinski definition) is 8. The lowest BCUT2D eigenvalue weighted by Gasteiger charge is -2.36. The van der Waals surface area contributed by atoms with E-state index < -0.39 is 0 Å². The van der Waals surface area contributed by atoms with E-state index in [0.29, 0.717) is 53.4 Å². The number of ether oxygens (including phenoxy) is 3. The topological polar surface area (TPSA) is 116 Å². The van der Waals surface area contributed by atoms with Crippen LogP contribution in [0.2, 0.25) is 0 Å². The molecule has 10 heteroatoms. The molecule has 1 aliphatic rings. The molecule has 0 unspecified atom stereocenters. The van der Waals surface area contributed by atoms with E-state index in [1.807, 2.05) is 0 Å². The van der Waals surface area contributed by atoms with Crippen molar-refractivity contribution < 1.29 is 23.5 Å². The third kappa shape index (κ3) is 3.37. The van der Waals surface area contributed by atoms with Crippen LogP contribution in [0.5, 0.6) is 17.2 Å². The summed E-state index contributed by atoms with van der Waals surface area (Å²) in [5, 5.41) is 10.9. The molecule has 10 nitrogen and oxygen atoms in total. The first-order valence-electron chi connectivity index (χ1n) is 8.99. The van der Waals surface area contributed by atoms with Gasteiger partial charge in [-0.15, -0.1) is 0 Å². The minimum absolute atomic E-state index is 0.0673. The van der Waals surface area contributed by atoms with E-state index in [1.165, 1.54) is 0 Å². The molecule has 2 aromatic heterocycles. The monoisotopic (exact) mass is 399 g/mol. The van der Waals surface area contributed by atoms with Crippen molar-refractivity contribution in [2.24, 2.45) is 0 Å². The van der Waals surface area contributed by atoms with Gasteiger partial charge in [0, 0.05) is 18.7 Å². The van der Waals surface area contributed by atoms with Gasteiger partial charge in [0.15, 0.2) is 17.3 Å². The molecule has 0 aliphatic carbocycles. The van der Waals surface area contributed by atoms with Crippen LogP contribution in [0, 0.1) is 6.92 Å². The van der Waals surface area contributed by atoms with E-state index in [9.17, 15) is 4.79 Å². The number of nitrogens with one attached hydrogen (secondary N) is 1. The molecule has 1 amide bonds. The third-order valence-electron chi connectivity index (χ3n) is 4.83. The second-order valence-corrected chi connectivity index (χ2v) is 6.67. The number of rotatable bonds is 6. The zero-order valence-corrected chi connectivity index (χ0v) is 16.6. The highest BCUT2D eigenvalue weighted by Crippen LogP contribution is 2.41. The van der Waals surface area contributed by atoms with Gasteiger partial charge in [0.2, 0.25) is 11.6 Å². The first kappa shape index (κ1) is 18.8. The normalized spacial score (nSPS) is 13.9. The number of likely N-dealkylation sites (tertiary alicyclic amines) is 1. The number of benzene rings is 1. The average Bonchev–Trinajstić information content (AvgIpc) is 3.35. The maximum atomic E-state index is 12.7. The molecule has 0 saturated carbocycles. The van der Waals surface area contributed by atoms with Crippen molar-refractivity contribution >= 4 is 5.91 Å². The van der Waals surface area contributed by atoms with Crippen molar-refractivity contribution in [1.29, 1.82) is 0 Å². The standard InChI is InChI=1S/C19H21N5O5/c1-10-20-18(29-23-10)12-8-24(9-12)19(25)14-7-13(21-22-14)11-5-15(26-2)17(28-4)16(6-11)27-3/h5-7,12H,8-9H2,1-4H3,(H,21,22). The van der Waals surface area contributed by atoms with E-state index in [-0.39, 0.29) is 11.8 Å². The number of aromatic amines is 1. The lowest BCUT2D eigenvalue weighted by Crippen LogP contribution is -2.48. The van der Waals surface area contributed by atoms with Crippen LogP contribution in [-0.4, -0.2) is 65.6 Å². The minimum Gasteiger partial charge on any atom is -0.493 e. The molecule has 1 aromatic carbocycles. The average molecular weight is 399 g/mol. The van der Waals surface area contributed by atoms with Crippen molar-refractivity contribution in [3.8, 4) is 28.5 Å². The van der Waals surface area contributed by atoms with Crippen molar-refractivity contribution in [3.63, 3.8) is 0 Å². The molecule has 3 heterocycles. The predicted molar refractivity (Wildman–Crippen MR) is 101 cm³/mol. The van der Waals surface area contributed by atoms with Crippen LogP contribution >= 0.6 is 0 Å². The number of methoxy groups -OCH3 is 3. The fraction of sp³-hybridized carbons (Fsp3) is 0.368. The van der Waals surface area contributed by atoms with Crippen molar-refractivity contribution in [1.82, 2.24) is 25.2 Å². The van der Waals surface area contributed by atoms with Crippen LogP contribution in [0.3, 0.4) is 0 Å². The Morgan fingerprint density at radius 1 is 1.14 bits per heavy atom. The number of carbonyl (C=O) groups is 1. The fourth-order valence-electron chi connectivity index (χ4n) is 3.26. The number of aromatic nitrogens is 4. The summed E-state index contributed by atoms with van der Waals surface area (Å²) in [5.41, 5.74) is 1.73.